The van der Waals surface area contributed by atoms with Crippen LogP contribution >= 0.6 is 0 Å². The summed E-state index contributed by atoms with van der Waals surface area (Å²) in [5.74, 6) is 5.85. The highest BCUT2D eigenvalue weighted by Crippen LogP contribution is 2.34. The van der Waals surface area contributed by atoms with Crippen LogP contribution in [0.4, 0.5) is 0 Å². The third-order valence-corrected chi connectivity index (χ3v) is 8.00. The van der Waals surface area contributed by atoms with E-state index in [2.05, 4.69) is 16.8 Å². The van der Waals surface area contributed by atoms with E-state index in [1.807, 2.05) is 13.8 Å². The highest BCUT2D eigenvalue weighted by atomic mass is 32.2. The second kappa shape index (κ2) is 11.7. The van der Waals surface area contributed by atoms with Gasteiger partial charge < -0.3 is 14.7 Å². The lowest BCUT2D eigenvalue weighted by Gasteiger charge is -2.37. The molecule has 3 atom stereocenters. The molecule has 1 aromatic carbocycles. The van der Waals surface area contributed by atoms with E-state index in [1.54, 1.807) is 49.3 Å². The molecule has 8 nitrogen and oxygen atoms in total. The Balaban J connectivity index is 2.01. The van der Waals surface area contributed by atoms with E-state index < -0.39 is 22.2 Å². The Hall–Kier alpha value is -2.93. The summed E-state index contributed by atoms with van der Waals surface area (Å²) in [6.45, 7) is 5.66. The van der Waals surface area contributed by atoms with Crippen LogP contribution in [-0.4, -0.2) is 72.5 Å². The van der Waals surface area contributed by atoms with Crippen molar-refractivity contribution in [3.8, 4) is 17.6 Å². The van der Waals surface area contributed by atoms with Gasteiger partial charge in [0.15, 0.2) is 0 Å². The van der Waals surface area contributed by atoms with Crippen LogP contribution in [0.15, 0.2) is 47.6 Å². The number of ether oxygens (including phenoxy) is 1. The van der Waals surface area contributed by atoms with Gasteiger partial charge in [-0.25, -0.2) is 8.42 Å². The number of aromatic nitrogens is 1. The minimum Gasteiger partial charge on any atom is -0.487 e. The quantitative estimate of drug-likeness (QED) is 0.614. The van der Waals surface area contributed by atoms with Crippen LogP contribution < -0.4 is 4.74 Å². The number of carbonyl (C=O) groups is 1. The molecule has 3 rings (SSSR count). The average molecular weight is 500 g/mol. The molecule has 188 valence electrons. The maximum absolute atomic E-state index is 13.5. The zero-order valence-electron chi connectivity index (χ0n) is 20.6. The standard InChI is InChI=1S/C26H33N3O5S/c1-5-6-7-9-21-11-12-25-23(14-21)34-24(17-28(4)26(31)22-10-8-13-27-15-22)19(2)16-29(20(3)18-30)35(25,32)33/h8,10-15,19-20,24,30H,5-6,16-18H2,1-4H3/t19-,20+,24-/m1/s1. The van der Waals surface area contributed by atoms with Gasteiger partial charge in [0.25, 0.3) is 5.91 Å². The number of hydrogen-bond acceptors (Lipinski definition) is 6. The molecule has 0 aliphatic carbocycles. The molecule has 2 aromatic rings. The minimum absolute atomic E-state index is 0.0250. The normalized spacial score (nSPS) is 20.3. The van der Waals surface area contributed by atoms with Gasteiger partial charge in [0.1, 0.15) is 16.7 Å². The Kier molecular flexibility index (Phi) is 8.89. The Labute approximate surface area is 208 Å². The average Bonchev–Trinajstić information content (AvgIpc) is 2.85. The molecule has 1 amide bonds. The number of rotatable bonds is 6. The van der Waals surface area contributed by atoms with E-state index >= 15 is 0 Å². The summed E-state index contributed by atoms with van der Waals surface area (Å²) in [7, 11) is -2.25. The number of sulfonamides is 1. The summed E-state index contributed by atoms with van der Waals surface area (Å²) in [4.78, 5) is 18.5. The number of aliphatic hydroxyl groups is 1. The lowest BCUT2D eigenvalue weighted by atomic mass is 10.0. The molecular weight excluding hydrogens is 466 g/mol. The lowest BCUT2D eigenvalue weighted by molar-refractivity contribution is 0.0563. The van der Waals surface area contributed by atoms with Crippen molar-refractivity contribution in [1.29, 1.82) is 0 Å². The molecule has 9 heteroatoms. The van der Waals surface area contributed by atoms with Gasteiger partial charge in [0.2, 0.25) is 10.0 Å². The number of likely N-dealkylation sites (N-methyl/N-ethyl adjacent to an activating group) is 1. The molecule has 1 aromatic heterocycles. The van der Waals surface area contributed by atoms with E-state index in [4.69, 9.17) is 4.74 Å². The van der Waals surface area contributed by atoms with E-state index in [0.29, 0.717) is 11.1 Å². The van der Waals surface area contributed by atoms with Crippen LogP contribution in [0, 0.1) is 17.8 Å². The van der Waals surface area contributed by atoms with Crippen LogP contribution in [0.25, 0.3) is 0 Å². The van der Waals surface area contributed by atoms with Crippen LogP contribution in [-0.2, 0) is 10.0 Å². The predicted octanol–water partition coefficient (Wildman–Crippen LogP) is 2.77. The molecule has 1 aliphatic heterocycles. The first kappa shape index (κ1) is 26.7. The van der Waals surface area contributed by atoms with Crippen molar-refractivity contribution in [1.82, 2.24) is 14.2 Å². The van der Waals surface area contributed by atoms with Crippen molar-refractivity contribution in [3.05, 3.63) is 53.9 Å². The fourth-order valence-corrected chi connectivity index (χ4v) is 5.70. The molecule has 0 saturated heterocycles. The van der Waals surface area contributed by atoms with Crippen LogP contribution in [0.3, 0.4) is 0 Å². The van der Waals surface area contributed by atoms with Crippen molar-refractivity contribution >= 4 is 15.9 Å². The topological polar surface area (TPSA) is 100 Å². The highest BCUT2D eigenvalue weighted by Gasteiger charge is 2.38. The Morgan fingerprint density at radius 2 is 2.14 bits per heavy atom. The van der Waals surface area contributed by atoms with E-state index in [1.165, 1.54) is 16.6 Å². The molecule has 0 spiro atoms. The largest absolute Gasteiger partial charge is 0.487 e. The summed E-state index contributed by atoms with van der Waals surface area (Å²) in [6, 6.07) is 7.60. The van der Waals surface area contributed by atoms with E-state index in [9.17, 15) is 18.3 Å². The first-order valence-corrected chi connectivity index (χ1v) is 13.2. The Morgan fingerprint density at radius 3 is 2.80 bits per heavy atom. The predicted molar refractivity (Wildman–Crippen MR) is 133 cm³/mol. The maximum atomic E-state index is 13.5. The monoisotopic (exact) mass is 499 g/mol. The van der Waals surface area contributed by atoms with Crippen LogP contribution in [0.1, 0.15) is 49.5 Å². The van der Waals surface area contributed by atoms with E-state index in [0.717, 1.165) is 12.8 Å². The maximum Gasteiger partial charge on any atom is 0.255 e. The number of benzene rings is 1. The van der Waals surface area contributed by atoms with Gasteiger partial charge in [0, 0.05) is 49.9 Å². The van der Waals surface area contributed by atoms with Gasteiger partial charge in [-0.15, -0.1) is 0 Å². The molecule has 2 heterocycles. The van der Waals surface area contributed by atoms with Crippen LogP contribution in [0.2, 0.25) is 0 Å². The molecule has 0 saturated carbocycles. The molecule has 0 radical (unpaired) electrons. The van der Waals surface area contributed by atoms with Gasteiger partial charge >= 0.3 is 0 Å². The SMILES string of the molecule is CCCC#Cc1ccc2c(c1)O[C@H](CN(C)C(=O)c1cccnc1)[C@H](C)CN([C@@H](C)CO)S2(=O)=O. The smallest absolute Gasteiger partial charge is 0.255 e. The van der Waals surface area contributed by atoms with Crippen molar-refractivity contribution in [3.63, 3.8) is 0 Å². The van der Waals surface area contributed by atoms with Gasteiger partial charge in [-0.1, -0.05) is 25.7 Å². The van der Waals surface area contributed by atoms with Gasteiger partial charge in [-0.2, -0.15) is 4.31 Å². The zero-order chi connectivity index (χ0) is 25.6. The molecule has 1 aliphatic rings. The number of nitrogens with zero attached hydrogens (tertiary/aromatic N) is 3. The van der Waals surface area contributed by atoms with Gasteiger partial charge in [0.05, 0.1) is 18.7 Å². The number of fused-ring (bicyclic) bond motifs is 1. The number of amides is 1. The third kappa shape index (κ3) is 6.20. The lowest BCUT2D eigenvalue weighted by Crippen LogP contribution is -2.50. The molecule has 1 N–H and O–H groups in total. The Morgan fingerprint density at radius 1 is 1.37 bits per heavy atom. The fourth-order valence-electron chi connectivity index (χ4n) is 3.87. The third-order valence-electron chi connectivity index (χ3n) is 5.98. The number of hydrogen-bond donors (Lipinski definition) is 1. The van der Waals surface area contributed by atoms with Gasteiger partial charge in [-0.3, -0.25) is 9.78 Å². The van der Waals surface area contributed by atoms with Crippen molar-refractivity contribution < 1.29 is 23.1 Å². The molecule has 0 fully saturated rings. The summed E-state index contributed by atoms with van der Waals surface area (Å²) < 4.78 is 34.7. The van der Waals surface area contributed by atoms with Crippen molar-refractivity contribution in [2.24, 2.45) is 5.92 Å². The molecule has 0 unspecified atom stereocenters. The summed E-state index contributed by atoms with van der Waals surface area (Å²) in [6.07, 6.45) is 4.27. The molecule has 0 bridgehead atoms. The fraction of sp³-hybridized carbons (Fsp3) is 0.462. The van der Waals surface area contributed by atoms with Crippen molar-refractivity contribution in [2.75, 3.05) is 26.7 Å². The molecule has 35 heavy (non-hydrogen) atoms. The Bertz CT molecular complexity index is 1190. The van der Waals surface area contributed by atoms with E-state index in [-0.39, 0.29) is 42.2 Å². The van der Waals surface area contributed by atoms with Crippen LogP contribution in [0.5, 0.6) is 5.75 Å². The highest BCUT2D eigenvalue weighted by molar-refractivity contribution is 7.89. The second-order valence-corrected chi connectivity index (χ2v) is 10.7. The summed E-state index contributed by atoms with van der Waals surface area (Å²) in [5.41, 5.74) is 1.11. The summed E-state index contributed by atoms with van der Waals surface area (Å²) >= 11 is 0. The minimum atomic E-state index is -3.93. The summed E-state index contributed by atoms with van der Waals surface area (Å²) in [5, 5.41) is 9.78. The number of carbonyl (C=O) groups excluding carboxylic acids is 1. The number of aliphatic hydroxyl groups excluding tert-OH is 1. The van der Waals surface area contributed by atoms with Gasteiger partial charge in [-0.05, 0) is 43.7 Å². The first-order valence-electron chi connectivity index (χ1n) is 11.8. The van der Waals surface area contributed by atoms with Crippen molar-refractivity contribution in [2.45, 2.75) is 50.7 Å². The molecular formula is C26H33N3O5S. The first-order chi connectivity index (χ1) is 16.7. The number of pyridine rings is 1. The second-order valence-electron chi connectivity index (χ2n) is 8.88. The zero-order valence-corrected chi connectivity index (χ0v) is 21.5. The number of unbranched alkanes of at least 4 members (excludes halogenated alkanes) is 1.